The number of likely N-dealkylation sites (tertiary alicyclic amines) is 1. The zero-order valence-corrected chi connectivity index (χ0v) is 12.0. The fraction of sp³-hybridized carbons (Fsp3) is 0.533. The van der Waals surface area contributed by atoms with Crippen LogP contribution in [0.3, 0.4) is 0 Å². The minimum absolute atomic E-state index is 0.475. The third-order valence-electron chi connectivity index (χ3n) is 4.34. The van der Waals surface area contributed by atoms with Gasteiger partial charge in [0.05, 0.1) is 0 Å². The Balaban J connectivity index is 1.65. The summed E-state index contributed by atoms with van der Waals surface area (Å²) >= 11 is 4.99. The zero-order chi connectivity index (χ0) is 13.2. The number of hydrogen-bond acceptors (Lipinski definition) is 3. The van der Waals surface area contributed by atoms with Crippen LogP contribution in [-0.2, 0) is 0 Å². The Kier molecular flexibility index (Phi) is 3.71. The number of benzene rings is 1. The summed E-state index contributed by atoms with van der Waals surface area (Å²) in [5, 5.41) is 0. The third kappa shape index (κ3) is 2.74. The van der Waals surface area contributed by atoms with Crippen LogP contribution in [0, 0.1) is 0 Å². The van der Waals surface area contributed by atoms with Crippen LogP contribution in [0.25, 0.3) is 0 Å². The molecule has 102 valence electrons. The number of nitrogens with zero attached hydrogens (tertiary/aromatic N) is 2. The first-order valence-electron chi connectivity index (χ1n) is 7.13. The van der Waals surface area contributed by atoms with Gasteiger partial charge in [-0.05, 0) is 56.6 Å². The molecular weight excluding hydrogens is 254 g/mol. The van der Waals surface area contributed by atoms with Gasteiger partial charge in [0.25, 0.3) is 0 Å². The Morgan fingerprint density at radius 3 is 2.42 bits per heavy atom. The summed E-state index contributed by atoms with van der Waals surface area (Å²) in [6.45, 7) is 4.90. The molecule has 0 bridgehead atoms. The maximum absolute atomic E-state index is 5.63. The fourth-order valence-electron chi connectivity index (χ4n) is 3.22. The molecule has 0 spiro atoms. The van der Waals surface area contributed by atoms with Gasteiger partial charge in [-0.1, -0.05) is 12.2 Å². The van der Waals surface area contributed by atoms with Gasteiger partial charge < -0.3 is 10.6 Å². The van der Waals surface area contributed by atoms with Gasteiger partial charge in [0.15, 0.2) is 0 Å². The van der Waals surface area contributed by atoms with Crippen molar-refractivity contribution in [3.05, 3.63) is 29.8 Å². The van der Waals surface area contributed by atoms with E-state index in [1.54, 1.807) is 0 Å². The van der Waals surface area contributed by atoms with E-state index in [1.165, 1.54) is 38.0 Å². The summed E-state index contributed by atoms with van der Waals surface area (Å²) in [6.07, 6.45) is 4.04. The quantitative estimate of drug-likeness (QED) is 0.855. The van der Waals surface area contributed by atoms with E-state index in [0.29, 0.717) is 4.99 Å². The lowest BCUT2D eigenvalue weighted by molar-refractivity contribution is 0.260. The van der Waals surface area contributed by atoms with E-state index in [2.05, 4.69) is 21.9 Å². The highest BCUT2D eigenvalue weighted by atomic mass is 32.1. The van der Waals surface area contributed by atoms with Gasteiger partial charge in [-0.2, -0.15) is 0 Å². The highest BCUT2D eigenvalue weighted by Crippen LogP contribution is 2.25. The largest absolute Gasteiger partial charge is 0.389 e. The lowest BCUT2D eigenvalue weighted by Crippen LogP contribution is -2.35. The van der Waals surface area contributed by atoms with Gasteiger partial charge in [-0.15, -0.1) is 0 Å². The number of thiocarbonyl (C=S) groups is 1. The van der Waals surface area contributed by atoms with E-state index in [1.807, 2.05) is 12.1 Å². The van der Waals surface area contributed by atoms with Gasteiger partial charge in [-0.25, -0.2) is 0 Å². The molecule has 2 saturated heterocycles. The predicted octanol–water partition coefficient (Wildman–Crippen LogP) is 2.00. The Bertz CT molecular complexity index is 451. The summed E-state index contributed by atoms with van der Waals surface area (Å²) in [4.78, 5) is 5.61. The molecule has 0 aromatic heterocycles. The van der Waals surface area contributed by atoms with E-state index < -0.39 is 0 Å². The number of rotatable bonds is 3. The van der Waals surface area contributed by atoms with Crippen molar-refractivity contribution < 1.29 is 0 Å². The average Bonchev–Trinajstić information content (AvgIpc) is 3.10. The fourth-order valence-corrected chi connectivity index (χ4v) is 3.35. The second-order valence-corrected chi connectivity index (χ2v) is 5.98. The van der Waals surface area contributed by atoms with Crippen LogP contribution in [0.1, 0.15) is 24.8 Å². The molecule has 0 amide bonds. The first-order valence-corrected chi connectivity index (χ1v) is 7.54. The molecule has 3 rings (SSSR count). The second-order valence-electron chi connectivity index (χ2n) is 5.54. The van der Waals surface area contributed by atoms with Gasteiger partial charge >= 0.3 is 0 Å². The van der Waals surface area contributed by atoms with E-state index in [0.717, 1.165) is 24.7 Å². The van der Waals surface area contributed by atoms with E-state index >= 15 is 0 Å². The Labute approximate surface area is 120 Å². The SMILES string of the molecule is NC(=S)c1ccc(N2CCC(N3CCCC3)C2)cc1. The van der Waals surface area contributed by atoms with Gasteiger partial charge in [0.1, 0.15) is 4.99 Å². The molecule has 1 aromatic carbocycles. The van der Waals surface area contributed by atoms with Crippen LogP contribution >= 0.6 is 12.2 Å². The average molecular weight is 275 g/mol. The Hall–Kier alpha value is -1.13. The maximum atomic E-state index is 5.63. The molecular formula is C15H21N3S. The summed E-state index contributed by atoms with van der Waals surface area (Å²) < 4.78 is 0. The van der Waals surface area contributed by atoms with Crippen LogP contribution < -0.4 is 10.6 Å². The van der Waals surface area contributed by atoms with Gasteiger partial charge in [-0.3, -0.25) is 4.90 Å². The molecule has 2 N–H and O–H groups in total. The molecule has 0 radical (unpaired) electrons. The van der Waals surface area contributed by atoms with Gasteiger partial charge in [0.2, 0.25) is 0 Å². The molecule has 19 heavy (non-hydrogen) atoms. The lowest BCUT2D eigenvalue weighted by atomic mass is 10.2. The van der Waals surface area contributed by atoms with Crippen LogP contribution in [0.15, 0.2) is 24.3 Å². The molecule has 4 heteroatoms. The second kappa shape index (κ2) is 5.47. The molecule has 2 aliphatic rings. The molecule has 0 saturated carbocycles. The Morgan fingerprint density at radius 1 is 1.11 bits per heavy atom. The minimum atomic E-state index is 0.475. The van der Waals surface area contributed by atoms with Crippen LogP contribution in [0.5, 0.6) is 0 Å². The van der Waals surface area contributed by atoms with Crippen molar-refractivity contribution in [2.45, 2.75) is 25.3 Å². The van der Waals surface area contributed by atoms with Crippen LogP contribution in [-0.4, -0.2) is 42.1 Å². The monoisotopic (exact) mass is 275 g/mol. The van der Waals surface area contributed by atoms with Crippen molar-refractivity contribution in [1.82, 2.24) is 4.90 Å². The molecule has 1 unspecified atom stereocenters. The number of nitrogens with two attached hydrogens (primary N) is 1. The van der Waals surface area contributed by atoms with Crippen LogP contribution in [0.4, 0.5) is 5.69 Å². The molecule has 3 nitrogen and oxygen atoms in total. The van der Waals surface area contributed by atoms with E-state index in [4.69, 9.17) is 18.0 Å². The molecule has 2 heterocycles. The van der Waals surface area contributed by atoms with Crippen molar-refractivity contribution >= 4 is 22.9 Å². The highest BCUT2D eigenvalue weighted by molar-refractivity contribution is 7.80. The lowest BCUT2D eigenvalue weighted by Gasteiger charge is -2.24. The zero-order valence-electron chi connectivity index (χ0n) is 11.2. The van der Waals surface area contributed by atoms with E-state index in [9.17, 15) is 0 Å². The van der Waals surface area contributed by atoms with Crippen molar-refractivity contribution in [2.24, 2.45) is 5.73 Å². The summed E-state index contributed by atoms with van der Waals surface area (Å²) in [5.74, 6) is 0. The van der Waals surface area contributed by atoms with E-state index in [-0.39, 0.29) is 0 Å². The molecule has 0 aliphatic carbocycles. The van der Waals surface area contributed by atoms with Crippen molar-refractivity contribution in [3.8, 4) is 0 Å². The molecule has 1 atom stereocenters. The first kappa shape index (κ1) is 12.9. The van der Waals surface area contributed by atoms with Crippen LogP contribution in [0.2, 0.25) is 0 Å². The summed E-state index contributed by atoms with van der Waals surface area (Å²) in [7, 11) is 0. The molecule has 2 aliphatic heterocycles. The Morgan fingerprint density at radius 2 is 1.79 bits per heavy atom. The van der Waals surface area contributed by atoms with Crippen molar-refractivity contribution in [2.75, 3.05) is 31.1 Å². The number of anilines is 1. The summed E-state index contributed by atoms with van der Waals surface area (Å²) in [5.41, 5.74) is 7.88. The normalized spacial score (nSPS) is 24.0. The minimum Gasteiger partial charge on any atom is -0.389 e. The molecule has 2 fully saturated rings. The maximum Gasteiger partial charge on any atom is 0.103 e. The number of hydrogen-bond donors (Lipinski definition) is 1. The first-order chi connectivity index (χ1) is 9.24. The molecule has 1 aromatic rings. The summed E-state index contributed by atoms with van der Waals surface area (Å²) in [6, 6.07) is 9.08. The topological polar surface area (TPSA) is 32.5 Å². The van der Waals surface area contributed by atoms with Crippen molar-refractivity contribution in [1.29, 1.82) is 0 Å². The van der Waals surface area contributed by atoms with Gasteiger partial charge in [0, 0.05) is 30.4 Å². The highest BCUT2D eigenvalue weighted by Gasteiger charge is 2.29. The van der Waals surface area contributed by atoms with Crippen molar-refractivity contribution in [3.63, 3.8) is 0 Å². The third-order valence-corrected chi connectivity index (χ3v) is 4.57. The smallest absolute Gasteiger partial charge is 0.103 e. The predicted molar refractivity (Wildman–Crippen MR) is 83.8 cm³/mol. The standard InChI is InChI=1S/C15H21N3S/c16-15(19)12-3-5-13(6-4-12)18-10-7-14(11-18)17-8-1-2-9-17/h3-6,14H,1-2,7-11H2,(H2,16,19).